The quantitative estimate of drug-likeness (QED) is 0.400. The Morgan fingerprint density at radius 3 is 2.47 bits per heavy atom. The van der Waals surface area contributed by atoms with E-state index in [9.17, 15) is 20.1 Å². The van der Waals surface area contributed by atoms with Crippen molar-refractivity contribution < 1.29 is 25.2 Å². The number of hydrogen-bond donors (Lipinski definition) is 4. The Morgan fingerprint density at radius 2 is 1.89 bits per heavy atom. The molecule has 0 spiro atoms. The van der Waals surface area contributed by atoms with Gasteiger partial charge in [0.2, 0.25) is 0 Å². The normalized spacial score (nSPS) is 15.6. The van der Waals surface area contributed by atoms with Crippen LogP contribution in [0, 0.1) is 0 Å². The highest BCUT2D eigenvalue weighted by Crippen LogP contribution is 2.15. The van der Waals surface area contributed by atoms with Gasteiger partial charge in [-0.3, -0.25) is 4.79 Å². The van der Waals surface area contributed by atoms with Crippen LogP contribution in [0.15, 0.2) is 36.9 Å². The van der Waals surface area contributed by atoms with Gasteiger partial charge in [-0.1, -0.05) is 30.3 Å². The van der Waals surface area contributed by atoms with Crippen LogP contribution in [0.1, 0.15) is 15.9 Å². The Bertz CT molecular complexity index is 443. The van der Waals surface area contributed by atoms with E-state index in [0.717, 1.165) is 0 Å². The number of aliphatic hydroxyl groups is 4. The number of Topliss-reactive ketones (excluding diaryl/α,β-unsaturated/α-hetero) is 1. The van der Waals surface area contributed by atoms with Gasteiger partial charge in [-0.15, -0.1) is 6.58 Å². The fourth-order valence-corrected chi connectivity index (χ4v) is 1.73. The second kappa shape index (κ2) is 7.16. The minimum atomic E-state index is -1.78. The van der Waals surface area contributed by atoms with Crippen LogP contribution in [0.2, 0.25) is 0 Å². The van der Waals surface area contributed by atoms with Gasteiger partial charge in [0.05, 0.1) is 6.61 Å². The van der Waals surface area contributed by atoms with E-state index in [4.69, 9.17) is 5.11 Å². The first-order chi connectivity index (χ1) is 9.02. The molecule has 19 heavy (non-hydrogen) atoms. The molecule has 5 nitrogen and oxygen atoms in total. The van der Waals surface area contributed by atoms with Crippen LogP contribution in [0.3, 0.4) is 0 Å². The van der Waals surface area contributed by atoms with E-state index in [2.05, 4.69) is 6.58 Å². The molecule has 0 fully saturated rings. The molecule has 1 rings (SSSR count). The molecule has 1 aromatic carbocycles. The Morgan fingerprint density at radius 1 is 1.26 bits per heavy atom. The Labute approximate surface area is 111 Å². The molecule has 0 aliphatic rings. The maximum Gasteiger partial charge on any atom is 0.194 e. The monoisotopic (exact) mass is 266 g/mol. The summed E-state index contributed by atoms with van der Waals surface area (Å²) in [5.74, 6) is -0.697. The van der Waals surface area contributed by atoms with E-state index in [0.29, 0.717) is 12.0 Å². The smallest absolute Gasteiger partial charge is 0.194 e. The molecule has 5 heteroatoms. The highest BCUT2D eigenvalue weighted by molar-refractivity contribution is 6.01. The van der Waals surface area contributed by atoms with Gasteiger partial charge in [-0.25, -0.2) is 0 Å². The third kappa shape index (κ3) is 3.71. The van der Waals surface area contributed by atoms with E-state index in [1.807, 2.05) is 0 Å². The first-order valence-corrected chi connectivity index (χ1v) is 5.91. The van der Waals surface area contributed by atoms with E-state index in [1.54, 1.807) is 24.3 Å². The minimum absolute atomic E-state index is 0.263. The highest BCUT2D eigenvalue weighted by atomic mass is 16.4. The van der Waals surface area contributed by atoms with Crippen molar-refractivity contribution >= 4 is 5.78 Å². The lowest BCUT2D eigenvalue weighted by Gasteiger charge is -2.21. The molecule has 0 amide bonds. The summed E-state index contributed by atoms with van der Waals surface area (Å²) >= 11 is 0. The van der Waals surface area contributed by atoms with Crippen molar-refractivity contribution in [1.29, 1.82) is 0 Å². The number of carbonyl (C=O) groups is 1. The molecular formula is C14H18O5. The maximum absolute atomic E-state index is 12.1. The van der Waals surface area contributed by atoms with Gasteiger partial charge in [0.1, 0.15) is 18.3 Å². The van der Waals surface area contributed by atoms with Gasteiger partial charge in [0, 0.05) is 5.56 Å². The molecular weight excluding hydrogens is 248 g/mol. The summed E-state index contributed by atoms with van der Waals surface area (Å²) in [6.07, 6.45) is -3.00. The number of aliphatic hydroxyl groups excluding tert-OH is 4. The van der Waals surface area contributed by atoms with Crippen molar-refractivity contribution in [2.45, 2.75) is 24.7 Å². The predicted molar refractivity (Wildman–Crippen MR) is 69.8 cm³/mol. The van der Waals surface area contributed by atoms with Crippen LogP contribution in [-0.4, -0.2) is 51.1 Å². The Kier molecular flexibility index (Phi) is 5.85. The van der Waals surface area contributed by atoms with Crippen LogP contribution < -0.4 is 0 Å². The fourth-order valence-electron chi connectivity index (χ4n) is 1.73. The molecule has 0 aromatic heterocycles. The van der Waals surface area contributed by atoms with Crippen LogP contribution in [0.4, 0.5) is 0 Å². The lowest BCUT2D eigenvalue weighted by molar-refractivity contribution is -0.0646. The molecule has 0 aliphatic heterocycles. The zero-order valence-corrected chi connectivity index (χ0v) is 10.4. The Balaban J connectivity index is 2.96. The number of rotatable bonds is 7. The molecule has 0 radical (unpaired) electrons. The zero-order chi connectivity index (χ0) is 14.4. The summed E-state index contributed by atoms with van der Waals surface area (Å²) in [6.45, 7) is 2.85. The van der Waals surface area contributed by atoms with Crippen molar-refractivity contribution in [1.82, 2.24) is 0 Å². The highest BCUT2D eigenvalue weighted by Gasteiger charge is 2.31. The Hall–Kier alpha value is -1.53. The summed E-state index contributed by atoms with van der Waals surface area (Å²) in [5, 5.41) is 37.2. The van der Waals surface area contributed by atoms with Crippen LogP contribution in [0.5, 0.6) is 0 Å². The average molecular weight is 266 g/mol. The molecule has 1 aromatic rings. The minimum Gasteiger partial charge on any atom is -0.394 e. The number of carbonyl (C=O) groups excluding carboxylic acids is 1. The van der Waals surface area contributed by atoms with Gasteiger partial charge in [0.15, 0.2) is 5.78 Å². The van der Waals surface area contributed by atoms with Crippen LogP contribution in [-0.2, 0) is 6.42 Å². The summed E-state index contributed by atoms with van der Waals surface area (Å²) in [6, 6.07) is 6.64. The van der Waals surface area contributed by atoms with Gasteiger partial charge in [-0.05, 0) is 12.0 Å². The van der Waals surface area contributed by atoms with Crippen molar-refractivity contribution in [3.63, 3.8) is 0 Å². The van der Waals surface area contributed by atoms with Gasteiger partial charge in [0.25, 0.3) is 0 Å². The lowest BCUT2D eigenvalue weighted by atomic mass is 9.94. The largest absolute Gasteiger partial charge is 0.394 e. The molecule has 3 atom stereocenters. The molecule has 0 saturated heterocycles. The number of hydrogen-bond acceptors (Lipinski definition) is 5. The van der Waals surface area contributed by atoms with Gasteiger partial charge >= 0.3 is 0 Å². The number of benzene rings is 1. The fraction of sp³-hybridized carbons (Fsp3) is 0.357. The van der Waals surface area contributed by atoms with E-state index >= 15 is 0 Å². The topological polar surface area (TPSA) is 98.0 Å². The molecule has 0 aliphatic carbocycles. The molecule has 0 heterocycles. The van der Waals surface area contributed by atoms with Crippen molar-refractivity contribution in [2.24, 2.45) is 0 Å². The molecule has 0 unspecified atom stereocenters. The third-order valence-corrected chi connectivity index (χ3v) is 2.82. The summed E-state index contributed by atoms with van der Waals surface area (Å²) in [5.41, 5.74) is 0.936. The molecule has 4 N–H and O–H groups in total. The SMILES string of the molecule is C=CCc1ccccc1C(=O)[C@H](O)[C@H](O)[C@H](O)CO. The van der Waals surface area contributed by atoms with Gasteiger partial charge in [-0.2, -0.15) is 0 Å². The second-order valence-corrected chi connectivity index (χ2v) is 4.20. The maximum atomic E-state index is 12.1. The molecule has 0 bridgehead atoms. The third-order valence-electron chi connectivity index (χ3n) is 2.82. The van der Waals surface area contributed by atoms with Crippen molar-refractivity contribution in [3.8, 4) is 0 Å². The summed E-state index contributed by atoms with van der Waals surface area (Å²) < 4.78 is 0. The van der Waals surface area contributed by atoms with E-state index in [1.165, 1.54) is 6.07 Å². The van der Waals surface area contributed by atoms with E-state index < -0.39 is 30.7 Å². The summed E-state index contributed by atoms with van der Waals surface area (Å²) in [4.78, 5) is 12.1. The number of allylic oxidation sites excluding steroid dienone is 1. The second-order valence-electron chi connectivity index (χ2n) is 4.20. The lowest BCUT2D eigenvalue weighted by Crippen LogP contribution is -2.44. The van der Waals surface area contributed by atoms with Crippen LogP contribution >= 0.6 is 0 Å². The standard InChI is InChI=1S/C14H18O5/c1-2-5-9-6-3-4-7-10(9)12(17)14(19)13(18)11(16)8-15/h2-4,6-7,11,13-16,18-19H,1,5,8H2/t11-,13-,14+/m1/s1. The first-order valence-electron chi connectivity index (χ1n) is 5.91. The predicted octanol–water partition coefficient (Wildman–Crippen LogP) is -0.327. The van der Waals surface area contributed by atoms with E-state index in [-0.39, 0.29) is 5.56 Å². The van der Waals surface area contributed by atoms with Crippen molar-refractivity contribution in [3.05, 3.63) is 48.0 Å². The molecule has 0 saturated carbocycles. The summed E-state index contributed by atoms with van der Waals surface area (Å²) in [7, 11) is 0. The van der Waals surface area contributed by atoms with Crippen LogP contribution in [0.25, 0.3) is 0 Å². The zero-order valence-electron chi connectivity index (χ0n) is 10.4. The van der Waals surface area contributed by atoms with Crippen molar-refractivity contribution in [2.75, 3.05) is 6.61 Å². The first kappa shape index (κ1) is 15.5. The van der Waals surface area contributed by atoms with Gasteiger partial charge < -0.3 is 20.4 Å². The molecule has 104 valence electrons. The average Bonchev–Trinajstić information content (AvgIpc) is 2.45. The number of ketones is 1.